The quantitative estimate of drug-likeness (QED) is 0.910. The van der Waals surface area contributed by atoms with Crippen LogP contribution in [-0.4, -0.2) is 4.98 Å². The molecule has 2 nitrogen and oxygen atoms in total. The third kappa shape index (κ3) is 2.45. The maximum atomic E-state index is 4.36. The molecular formula is C14H15BrN2S. The minimum atomic E-state index is 0.881. The number of pyridine rings is 1. The van der Waals surface area contributed by atoms with E-state index in [9.17, 15) is 0 Å². The van der Waals surface area contributed by atoms with Crippen LogP contribution in [0, 0.1) is 6.92 Å². The predicted molar refractivity (Wildman–Crippen MR) is 80.3 cm³/mol. The van der Waals surface area contributed by atoms with Crippen LogP contribution in [0.5, 0.6) is 0 Å². The minimum Gasteiger partial charge on any atom is -0.365 e. The first kappa shape index (κ1) is 12.2. The van der Waals surface area contributed by atoms with Gasteiger partial charge in [-0.2, -0.15) is 0 Å². The molecule has 2 heterocycles. The Kier molecular flexibility index (Phi) is 3.39. The first-order valence-electron chi connectivity index (χ1n) is 6.19. The third-order valence-corrected chi connectivity index (χ3v) is 5.36. The summed E-state index contributed by atoms with van der Waals surface area (Å²) in [4.78, 5) is 7.37. The number of nitrogens with one attached hydrogen (secondary N) is 1. The van der Waals surface area contributed by atoms with Gasteiger partial charge in [0.2, 0.25) is 0 Å². The van der Waals surface area contributed by atoms with Gasteiger partial charge < -0.3 is 5.32 Å². The fourth-order valence-electron chi connectivity index (χ4n) is 2.29. The van der Waals surface area contributed by atoms with Gasteiger partial charge in [-0.05, 0) is 65.4 Å². The van der Waals surface area contributed by atoms with Gasteiger partial charge in [-0.15, -0.1) is 11.3 Å². The van der Waals surface area contributed by atoms with Crippen molar-refractivity contribution in [2.24, 2.45) is 0 Å². The molecule has 0 radical (unpaired) electrons. The zero-order valence-corrected chi connectivity index (χ0v) is 12.7. The van der Waals surface area contributed by atoms with Crippen molar-refractivity contribution in [1.29, 1.82) is 0 Å². The maximum Gasteiger partial charge on any atom is 0.126 e. The van der Waals surface area contributed by atoms with E-state index in [1.807, 2.05) is 17.5 Å². The van der Waals surface area contributed by atoms with Gasteiger partial charge in [0.05, 0.1) is 6.54 Å². The highest BCUT2D eigenvalue weighted by Crippen LogP contribution is 2.31. The van der Waals surface area contributed by atoms with Gasteiger partial charge in [0.1, 0.15) is 5.82 Å². The van der Waals surface area contributed by atoms with Crippen LogP contribution in [0.2, 0.25) is 0 Å². The van der Waals surface area contributed by atoms with Crippen molar-refractivity contribution in [3.63, 3.8) is 0 Å². The molecule has 18 heavy (non-hydrogen) atoms. The smallest absolute Gasteiger partial charge is 0.126 e. The van der Waals surface area contributed by atoms with Crippen LogP contribution >= 0.6 is 27.3 Å². The summed E-state index contributed by atoms with van der Waals surface area (Å²) in [6.07, 6.45) is 5.73. The summed E-state index contributed by atoms with van der Waals surface area (Å²) in [5.41, 5.74) is 2.78. The van der Waals surface area contributed by atoms with E-state index in [1.54, 1.807) is 10.4 Å². The number of anilines is 1. The second-order valence-corrected chi connectivity index (χ2v) is 6.76. The lowest BCUT2D eigenvalue weighted by Gasteiger charge is -2.05. The normalized spacial score (nSPS) is 13.7. The van der Waals surface area contributed by atoms with Crippen molar-refractivity contribution in [3.8, 4) is 0 Å². The molecule has 0 amide bonds. The van der Waals surface area contributed by atoms with Crippen LogP contribution in [0.25, 0.3) is 0 Å². The Morgan fingerprint density at radius 1 is 1.39 bits per heavy atom. The van der Waals surface area contributed by atoms with Crippen LogP contribution < -0.4 is 5.32 Å². The van der Waals surface area contributed by atoms with Crippen molar-refractivity contribution in [2.75, 3.05) is 5.32 Å². The molecule has 94 valence electrons. The molecule has 2 aromatic heterocycles. The van der Waals surface area contributed by atoms with E-state index in [2.05, 4.69) is 45.3 Å². The summed E-state index contributed by atoms with van der Waals surface area (Å²) >= 11 is 5.42. The SMILES string of the molecule is Cc1cc(NCc2cc3c(s2)CCC3)ncc1Br. The zero-order valence-electron chi connectivity index (χ0n) is 10.3. The highest BCUT2D eigenvalue weighted by Gasteiger charge is 2.14. The van der Waals surface area contributed by atoms with E-state index in [0.717, 1.165) is 16.8 Å². The van der Waals surface area contributed by atoms with Crippen LogP contribution in [0.3, 0.4) is 0 Å². The molecule has 4 heteroatoms. The summed E-state index contributed by atoms with van der Waals surface area (Å²) in [5, 5.41) is 3.40. The Balaban J connectivity index is 1.68. The van der Waals surface area contributed by atoms with Gasteiger partial charge in [-0.25, -0.2) is 4.98 Å². The summed E-state index contributed by atoms with van der Waals surface area (Å²) in [5.74, 6) is 0.948. The summed E-state index contributed by atoms with van der Waals surface area (Å²) in [6, 6.07) is 4.43. The molecule has 0 bridgehead atoms. The number of aryl methyl sites for hydroxylation is 3. The van der Waals surface area contributed by atoms with Crippen LogP contribution in [0.4, 0.5) is 5.82 Å². The highest BCUT2D eigenvalue weighted by molar-refractivity contribution is 9.10. The topological polar surface area (TPSA) is 24.9 Å². The molecule has 0 atom stereocenters. The molecule has 3 rings (SSSR count). The number of rotatable bonds is 3. The van der Waals surface area contributed by atoms with Crippen LogP contribution in [0.15, 0.2) is 22.8 Å². The van der Waals surface area contributed by atoms with Gasteiger partial charge in [0.25, 0.3) is 0 Å². The number of aromatic nitrogens is 1. The van der Waals surface area contributed by atoms with Crippen LogP contribution in [-0.2, 0) is 19.4 Å². The van der Waals surface area contributed by atoms with E-state index in [1.165, 1.54) is 29.7 Å². The Labute approximate surface area is 120 Å². The van der Waals surface area contributed by atoms with Gasteiger partial charge in [0.15, 0.2) is 0 Å². The highest BCUT2D eigenvalue weighted by atomic mass is 79.9. The molecule has 0 spiro atoms. The summed E-state index contributed by atoms with van der Waals surface area (Å²) in [6.45, 7) is 2.96. The lowest BCUT2D eigenvalue weighted by molar-refractivity contribution is 0.913. The lowest BCUT2D eigenvalue weighted by atomic mass is 10.2. The number of hydrogen-bond donors (Lipinski definition) is 1. The summed E-state index contributed by atoms with van der Waals surface area (Å²) in [7, 11) is 0. The Morgan fingerprint density at radius 3 is 3.06 bits per heavy atom. The third-order valence-electron chi connectivity index (χ3n) is 3.29. The minimum absolute atomic E-state index is 0.881. The average molecular weight is 323 g/mol. The van der Waals surface area contributed by atoms with Crippen molar-refractivity contribution in [1.82, 2.24) is 4.98 Å². The van der Waals surface area contributed by atoms with Gasteiger partial charge in [0, 0.05) is 20.4 Å². The Morgan fingerprint density at radius 2 is 2.28 bits per heavy atom. The molecule has 0 unspecified atom stereocenters. The molecule has 0 saturated heterocycles. The number of nitrogens with zero attached hydrogens (tertiary/aromatic N) is 1. The van der Waals surface area contributed by atoms with Crippen LogP contribution in [0.1, 0.15) is 27.3 Å². The monoisotopic (exact) mass is 322 g/mol. The molecule has 2 aromatic rings. The average Bonchev–Trinajstić information content (AvgIpc) is 2.91. The largest absolute Gasteiger partial charge is 0.365 e. The zero-order chi connectivity index (χ0) is 12.5. The Hall–Kier alpha value is -0.870. The molecular weight excluding hydrogens is 308 g/mol. The molecule has 0 aromatic carbocycles. The molecule has 0 saturated carbocycles. The number of hydrogen-bond acceptors (Lipinski definition) is 3. The van der Waals surface area contributed by atoms with Crippen molar-refractivity contribution < 1.29 is 0 Å². The molecule has 1 aliphatic rings. The van der Waals surface area contributed by atoms with E-state index >= 15 is 0 Å². The number of thiophene rings is 1. The second-order valence-electron chi connectivity index (χ2n) is 4.69. The molecule has 0 fully saturated rings. The maximum absolute atomic E-state index is 4.36. The Bertz CT molecular complexity index is 556. The molecule has 0 aliphatic heterocycles. The molecule has 1 aliphatic carbocycles. The van der Waals surface area contributed by atoms with E-state index in [0.29, 0.717) is 0 Å². The number of fused-ring (bicyclic) bond motifs is 1. The second kappa shape index (κ2) is 5.02. The lowest BCUT2D eigenvalue weighted by Crippen LogP contribution is -2.00. The number of halogens is 1. The van der Waals surface area contributed by atoms with Crippen molar-refractivity contribution in [3.05, 3.63) is 43.7 Å². The predicted octanol–water partition coefficient (Wildman–Crippen LogP) is 4.31. The van der Waals surface area contributed by atoms with E-state index in [-0.39, 0.29) is 0 Å². The fourth-order valence-corrected chi connectivity index (χ4v) is 3.71. The standard InChI is InChI=1S/C14H15BrN2S/c1-9-5-14(17-8-12(9)15)16-7-11-6-10-3-2-4-13(10)18-11/h5-6,8H,2-4,7H2,1H3,(H,16,17). The van der Waals surface area contributed by atoms with Gasteiger partial charge in [-0.1, -0.05) is 0 Å². The van der Waals surface area contributed by atoms with E-state index < -0.39 is 0 Å². The van der Waals surface area contributed by atoms with Gasteiger partial charge in [-0.3, -0.25) is 0 Å². The van der Waals surface area contributed by atoms with Crippen molar-refractivity contribution in [2.45, 2.75) is 32.7 Å². The van der Waals surface area contributed by atoms with E-state index in [4.69, 9.17) is 0 Å². The van der Waals surface area contributed by atoms with Crippen molar-refractivity contribution >= 4 is 33.1 Å². The summed E-state index contributed by atoms with van der Waals surface area (Å²) < 4.78 is 1.06. The molecule has 1 N–H and O–H groups in total. The first-order chi connectivity index (χ1) is 8.72. The van der Waals surface area contributed by atoms with Gasteiger partial charge >= 0.3 is 0 Å². The first-order valence-corrected chi connectivity index (χ1v) is 7.80. The fraction of sp³-hybridized carbons (Fsp3) is 0.357.